The van der Waals surface area contributed by atoms with Crippen LogP contribution in [0.25, 0.3) is 156 Å². The molecule has 0 fully saturated rings. The van der Waals surface area contributed by atoms with Gasteiger partial charge in [-0.1, -0.05) is 315 Å². The van der Waals surface area contributed by atoms with Crippen molar-refractivity contribution >= 4 is 10.8 Å². The molecule has 0 atom stereocenters. The molecule has 2 aliphatic carbocycles. The molecule has 0 amide bonds. The molecular formula is C112H66N6O2. The van der Waals surface area contributed by atoms with Crippen molar-refractivity contribution in [3.63, 3.8) is 0 Å². The summed E-state index contributed by atoms with van der Waals surface area (Å²) in [6.07, 6.45) is 0. The van der Waals surface area contributed by atoms with Crippen LogP contribution in [-0.4, -0.2) is 19.9 Å². The Morgan fingerprint density at radius 2 is 0.575 bits per heavy atom. The van der Waals surface area contributed by atoms with Crippen molar-refractivity contribution in [1.29, 1.82) is 10.5 Å². The highest BCUT2D eigenvalue weighted by Crippen LogP contribution is 2.66. The Kier molecular flexibility index (Phi) is 16.0. The molecule has 17 aromatic carbocycles. The number of rotatable bonds is 11. The number of benzene rings is 17. The first kappa shape index (κ1) is 69.3. The van der Waals surface area contributed by atoms with Gasteiger partial charge in [0, 0.05) is 61.2 Å². The predicted molar refractivity (Wildman–Crippen MR) is 479 cm³/mol. The van der Waals surface area contributed by atoms with E-state index in [4.69, 9.17) is 29.4 Å². The van der Waals surface area contributed by atoms with E-state index in [0.29, 0.717) is 22.8 Å². The van der Waals surface area contributed by atoms with E-state index in [0.717, 1.165) is 212 Å². The molecule has 23 rings (SSSR count). The monoisotopic (exact) mass is 1530 g/mol. The highest BCUT2D eigenvalue weighted by Gasteiger charge is 2.54. The van der Waals surface area contributed by atoms with Crippen molar-refractivity contribution in [3.05, 3.63) is 456 Å². The van der Waals surface area contributed by atoms with Crippen LogP contribution in [0.2, 0.25) is 0 Å². The van der Waals surface area contributed by atoms with Gasteiger partial charge >= 0.3 is 0 Å². The summed E-state index contributed by atoms with van der Waals surface area (Å²) in [4.78, 5) is 22.4. The number of hydrogen-bond donors (Lipinski definition) is 0. The Bertz CT molecular complexity index is 7470. The third-order valence-corrected chi connectivity index (χ3v) is 24.8. The second-order valence-corrected chi connectivity index (χ2v) is 31.2. The average Bonchev–Trinajstić information content (AvgIpc) is 1.49. The van der Waals surface area contributed by atoms with Gasteiger partial charge in [-0.25, -0.2) is 19.9 Å². The van der Waals surface area contributed by atoms with Crippen LogP contribution in [0.1, 0.15) is 55.6 Å². The molecule has 0 N–H and O–H groups in total. The first-order valence-corrected chi connectivity index (χ1v) is 40.4. The standard InChI is InChI=1S/C112H66N6O2/c113-67-81-28-8-10-33-84(81)72-47-45-70(46-48-72)77-53-56-107-97(61-77)112(95-43-19-15-38-89(95)90-39-16-20-44-96(90)112)100-64-83(103-65-102(116-109(117-103)75-26-5-2-6-27-75)79-32-21-31-76(59-79)69-23-3-1-4-24-69)60-92(108(100)120-107)73-49-51-74(52-50-73)101-66-104(91-40-22-30-71-25-7-12-35-86(71)91)118-110(115-101)80-55-58-106-99(63-80)111(93-41-17-13-36-87(93)88-37-14-18-42-94(88)111)98-62-78(54-57-105(98)119-106)85-34-11-9-29-82(85)68-114/h1-66H. The van der Waals surface area contributed by atoms with Gasteiger partial charge in [0.15, 0.2) is 11.6 Å². The summed E-state index contributed by atoms with van der Waals surface area (Å²) >= 11 is 0. The van der Waals surface area contributed by atoms with Gasteiger partial charge in [-0.2, -0.15) is 10.5 Å². The van der Waals surface area contributed by atoms with Crippen LogP contribution in [0.3, 0.4) is 0 Å². The Morgan fingerprint density at radius 1 is 0.208 bits per heavy atom. The van der Waals surface area contributed by atoms with Crippen LogP contribution in [0.4, 0.5) is 0 Å². The number of ether oxygens (including phenoxy) is 2. The van der Waals surface area contributed by atoms with E-state index in [1.807, 2.05) is 72.8 Å². The highest BCUT2D eigenvalue weighted by molar-refractivity contribution is 5.98. The van der Waals surface area contributed by atoms with Gasteiger partial charge in [-0.05, 0) is 190 Å². The normalized spacial score (nSPS) is 12.9. The molecule has 0 saturated heterocycles. The Hall–Kier alpha value is -16.3. The predicted octanol–water partition coefficient (Wildman–Crippen LogP) is 27.4. The maximum absolute atomic E-state index is 10.5. The van der Waals surface area contributed by atoms with Gasteiger partial charge in [0.2, 0.25) is 0 Å². The number of aromatic nitrogens is 4. The minimum absolute atomic E-state index is 0.545. The topological polar surface area (TPSA) is 118 Å². The minimum Gasteiger partial charge on any atom is -0.457 e. The third kappa shape index (κ3) is 10.9. The van der Waals surface area contributed by atoms with Gasteiger partial charge in [-0.3, -0.25) is 0 Å². The maximum Gasteiger partial charge on any atom is 0.160 e. The lowest BCUT2D eigenvalue weighted by molar-refractivity contribution is 0.436. The molecule has 556 valence electrons. The van der Waals surface area contributed by atoms with Crippen molar-refractivity contribution in [2.75, 3.05) is 0 Å². The van der Waals surface area contributed by atoms with E-state index < -0.39 is 10.8 Å². The van der Waals surface area contributed by atoms with E-state index in [1.165, 1.54) is 0 Å². The molecule has 19 aromatic rings. The molecule has 120 heavy (non-hydrogen) atoms. The largest absolute Gasteiger partial charge is 0.457 e. The van der Waals surface area contributed by atoms with E-state index in [9.17, 15) is 10.5 Å². The average molecular weight is 1530 g/mol. The first-order valence-electron chi connectivity index (χ1n) is 40.4. The number of hydrogen-bond acceptors (Lipinski definition) is 8. The van der Waals surface area contributed by atoms with Crippen molar-refractivity contribution in [1.82, 2.24) is 19.9 Å². The van der Waals surface area contributed by atoms with E-state index in [2.05, 4.69) is 340 Å². The molecule has 2 aliphatic heterocycles. The summed E-state index contributed by atoms with van der Waals surface area (Å²) in [6.45, 7) is 0. The smallest absolute Gasteiger partial charge is 0.160 e. The molecule has 0 bridgehead atoms. The number of fused-ring (bicyclic) bond motifs is 19. The lowest BCUT2D eigenvalue weighted by atomic mass is 9.65. The second-order valence-electron chi connectivity index (χ2n) is 31.2. The molecule has 8 heteroatoms. The van der Waals surface area contributed by atoms with Gasteiger partial charge in [0.05, 0.1) is 56.9 Å². The van der Waals surface area contributed by atoms with Crippen LogP contribution < -0.4 is 9.47 Å². The van der Waals surface area contributed by atoms with Gasteiger partial charge in [-0.15, -0.1) is 0 Å². The number of nitriles is 2. The third-order valence-electron chi connectivity index (χ3n) is 24.8. The summed E-state index contributed by atoms with van der Waals surface area (Å²) in [6, 6.07) is 146. The Labute approximate surface area is 693 Å². The van der Waals surface area contributed by atoms with Crippen LogP contribution in [0.15, 0.2) is 400 Å². The molecule has 2 aromatic heterocycles. The number of nitrogens with zero attached hydrogens (tertiary/aromatic N) is 6. The van der Waals surface area contributed by atoms with Crippen LogP contribution in [0.5, 0.6) is 23.0 Å². The van der Waals surface area contributed by atoms with Crippen LogP contribution in [-0.2, 0) is 10.8 Å². The van der Waals surface area contributed by atoms with Crippen molar-refractivity contribution < 1.29 is 9.47 Å². The van der Waals surface area contributed by atoms with Crippen LogP contribution in [0, 0.1) is 22.7 Å². The Balaban J connectivity index is 0.730. The van der Waals surface area contributed by atoms with Crippen LogP contribution >= 0.6 is 0 Å². The van der Waals surface area contributed by atoms with E-state index >= 15 is 0 Å². The summed E-state index contributed by atoms with van der Waals surface area (Å²) in [7, 11) is 0. The lowest BCUT2D eigenvalue weighted by Gasteiger charge is -2.40. The van der Waals surface area contributed by atoms with Crippen molar-refractivity contribution in [3.8, 4) is 181 Å². The first-order chi connectivity index (χ1) is 59.3. The van der Waals surface area contributed by atoms with Gasteiger partial charge in [0.1, 0.15) is 23.0 Å². The second kappa shape index (κ2) is 27.8. The van der Waals surface area contributed by atoms with Gasteiger partial charge < -0.3 is 9.47 Å². The molecular weight excluding hydrogens is 1460 g/mol. The summed E-state index contributed by atoms with van der Waals surface area (Å²) in [5.74, 6) is 4.08. The highest BCUT2D eigenvalue weighted by atomic mass is 16.5. The zero-order chi connectivity index (χ0) is 79.6. The maximum atomic E-state index is 10.5. The zero-order valence-electron chi connectivity index (χ0n) is 64.6. The zero-order valence-corrected chi connectivity index (χ0v) is 64.6. The molecule has 4 heterocycles. The quantitative estimate of drug-likeness (QED) is 0.126. The molecule has 0 radical (unpaired) electrons. The molecule has 0 unspecified atom stereocenters. The fourth-order valence-electron chi connectivity index (χ4n) is 19.3. The van der Waals surface area contributed by atoms with Gasteiger partial charge in [0.25, 0.3) is 0 Å². The summed E-state index contributed by atoms with van der Waals surface area (Å²) in [5.41, 5.74) is 30.5. The van der Waals surface area contributed by atoms with E-state index in [1.54, 1.807) is 0 Å². The SMILES string of the molecule is N#Cc1ccccc1-c1ccc(-c2ccc3c(c2)C2(c4ccccc4-c4ccccc42)c2cc(-c4cc(-c5cccc(-c6ccccc6)c5)nc(-c5ccccc5)n4)cc(-c4ccc(-c5cc(-c6cccc7ccccc67)nc(-c6ccc7c(c6)C6(c8cc(-c9ccccc9C#N)ccc8O7)c7ccccc7-c7ccccc76)n5)cc4)c2O3)cc1. The Morgan fingerprint density at radius 3 is 1.19 bits per heavy atom. The fourth-order valence-corrected chi connectivity index (χ4v) is 19.3. The van der Waals surface area contributed by atoms with E-state index in [-0.39, 0.29) is 0 Å². The molecule has 4 aliphatic rings. The minimum atomic E-state index is -0.941. The molecule has 8 nitrogen and oxygen atoms in total. The van der Waals surface area contributed by atoms with Crippen molar-refractivity contribution in [2.45, 2.75) is 10.8 Å². The summed E-state index contributed by atoms with van der Waals surface area (Å²) in [5, 5.41) is 22.9. The fraction of sp³-hybridized carbons (Fsp3) is 0.0179. The molecule has 0 saturated carbocycles. The molecule has 2 spiro atoms. The lowest BCUT2D eigenvalue weighted by Crippen LogP contribution is -2.32. The van der Waals surface area contributed by atoms with Crippen molar-refractivity contribution in [2.24, 2.45) is 0 Å². The summed E-state index contributed by atoms with van der Waals surface area (Å²) < 4.78 is 14.9.